The van der Waals surface area contributed by atoms with Crippen LogP contribution in [-0.4, -0.2) is 62.9 Å². The van der Waals surface area contributed by atoms with E-state index in [9.17, 15) is 13.2 Å². The summed E-state index contributed by atoms with van der Waals surface area (Å²) in [6.45, 7) is 5.40. The van der Waals surface area contributed by atoms with Crippen LogP contribution in [0.1, 0.15) is 29.5 Å². The fourth-order valence-electron chi connectivity index (χ4n) is 4.40. The normalized spacial score (nSPS) is 18.8. The second kappa shape index (κ2) is 11.8. The lowest BCUT2D eigenvalue weighted by Crippen LogP contribution is -2.42. The summed E-state index contributed by atoms with van der Waals surface area (Å²) < 4.78 is 32.2. The fourth-order valence-corrected chi connectivity index (χ4v) is 5.62. The number of carbonyl (C=O) groups is 1. The maximum Gasteiger partial charge on any atom is 0.236 e. The monoisotopic (exact) mass is 483 g/mol. The molecule has 2 aromatic rings. The summed E-state index contributed by atoms with van der Waals surface area (Å²) in [5.74, 6) is -0.172. The van der Waals surface area contributed by atoms with Crippen molar-refractivity contribution in [2.45, 2.75) is 25.9 Å². The third kappa shape index (κ3) is 6.76. The van der Waals surface area contributed by atoms with Gasteiger partial charge in [-0.3, -0.25) is 9.69 Å². The minimum atomic E-state index is -3.50. The quantitative estimate of drug-likeness (QED) is 0.625. The summed E-state index contributed by atoms with van der Waals surface area (Å²) in [5, 5.41) is 4.34. The zero-order valence-corrected chi connectivity index (χ0v) is 20.3. The minimum Gasteiger partial charge on any atom is -0.379 e. The SMILES string of the molecule is O=C(NCc1ccccc1CN1CCOCC1)C1CCN(S(=O)(=O)C=Cc2ccccc2)CC1. The van der Waals surface area contributed by atoms with E-state index in [2.05, 4.69) is 22.3 Å². The summed E-state index contributed by atoms with van der Waals surface area (Å²) in [6.07, 6.45) is 2.67. The lowest BCUT2D eigenvalue weighted by Gasteiger charge is -2.30. The van der Waals surface area contributed by atoms with E-state index in [1.807, 2.05) is 42.5 Å². The molecule has 1 amide bonds. The van der Waals surface area contributed by atoms with E-state index in [1.165, 1.54) is 15.3 Å². The maximum absolute atomic E-state index is 12.8. The zero-order chi connectivity index (χ0) is 23.8. The lowest BCUT2D eigenvalue weighted by atomic mass is 9.97. The van der Waals surface area contributed by atoms with Gasteiger partial charge in [0.05, 0.1) is 13.2 Å². The van der Waals surface area contributed by atoms with E-state index < -0.39 is 10.0 Å². The number of ether oxygens (including phenoxy) is 1. The molecule has 0 aromatic heterocycles. The summed E-state index contributed by atoms with van der Waals surface area (Å²) in [7, 11) is -3.50. The van der Waals surface area contributed by atoms with Crippen molar-refractivity contribution in [3.05, 3.63) is 76.7 Å². The van der Waals surface area contributed by atoms with Crippen molar-refractivity contribution in [1.29, 1.82) is 0 Å². The van der Waals surface area contributed by atoms with Gasteiger partial charge in [-0.25, -0.2) is 8.42 Å². The molecule has 0 atom stereocenters. The molecule has 2 heterocycles. The molecule has 34 heavy (non-hydrogen) atoms. The van der Waals surface area contributed by atoms with Gasteiger partial charge in [-0.1, -0.05) is 54.6 Å². The first-order valence-electron chi connectivity index (χ1n) is 11.9. The molecule has 2 fully saturated rings. The van der Waals surface area contributed by atoms with Crippen molar-refractivity contribution in [2.24, 2.45) is 5.92 Å². The van der Waals surface area contributed by atoms with Gasteiger partial charge >= 0.3 is 0 Å². The van der Waals surface area contributed by atoms with Crippen molar-refractivity contribution < 1.29 is 17.9 Å². The number of hydrogen-bond donors (Lipinski definition) is 1. The number of nitrogens with zero attached hydrogens (tertiary/aromatic N) is 2. The van der Waals surface area contributed by atoms with Crippen LogP contribution in [0.5, 0.6) is 0 Å². The van der Waals surface area contributed by atoms with Gasteiger partial charge in [-0.2, -0.15) is 4.31 Å². The minimum absolute atomic E-state index is 0.00180. The van der Waals surface area contributed by atoms with Gasteiger partial charge in [0, 0.05) is 50.6 Å². The Labute approximate surface area is 202 Å². The second-order valence-corrected chi connectivity index (χ2v) is 10.6. The highest BCUT2D eigenvalue weighted by Gasteiger charge is 2.30. The third-order valence-corrected chi connectivity index (χ3v) is 8.05. The smallest absolute Gasteiger partial charge is 0.236 e. The summed E-state index contributed by atoms with van der Waals surface area (Å²) in [4.78, 5) is 15.2. The predicted molar refractivity (Wildman–Crippen MR) is 133 cm³/mol. The molecule has 0 saturated carbocycles. The fraction of sp³-hybridized carbons (Fsp3) is 0.423. The van der Waals surface area contributed by atoms with Gasteiger partial charge in [-0.05, 0) is 35.6 Å². The summed E-state index contributed by atoms with van der Waals surface area (Å²) in [5.41, 5.74) is 3.18. The van der Waals surface area contributed by atoms with Crippen molar-refractivity contribution >= 4 is 22.0 Å². The number of amides is 1. The van der Waals surface area contributed by atoms with Crippen LogP contribution in [0.4, 0.5) is 0 Å². The molecule has 7 nitrogen and oxygen atoms in total. The topological polar surface area (TPSA) is 79.0 Å². The molecule has 8 heteroatoms. The Morgan fingerprint density at radius 3 is 2.29 bits per heavy atom. The van der Waals surface area contributed by atoms with Crippen LogP contribution in [0.15, 0.2) is 60.0 Å². The number of morpholine rings is 1. The van der Waals surface area contributed by atoms with Crippen molar-refractivity contribution in [3.63, 3.8) is 0 Å². The summed E-state index contributed by atoms with van der Waals surface area (Å²) in [6, 6.07) is 17.6. The first-order valence-corrected chi connectivity index (χ1v) is 13.4. The third-order valence-electron chi connectivity index (χ3n) is 6.49. The van der Waals surface area contributed by atoms with E-state index in [0.29, 0.717) is 32.5 Å². The van der Waals surface area contributed by atoms with Crippen LogP contribution >= 0.6 is 0 Å². The molecule has 2 aliphatic heterocycles. The summed E-state index contributed by atoms with van der Waals surface area (Å²) >= 11 is 0. The van der Waals surface area contributed by atoms with Gasteiger partial charge in [0.25, 0.3) is 0 Å². The maximum atomic E-state index is 12.8. The molecule has 2 aliphatic rings. The molecule has 0 spiro atoms. The highest BCUT2D eigenvalue weighted by molar-refractivity contribution is 7.92. The molecule has 4 rings (SSSR count). The van der Waals surface area contributed by atoms with Crippen LogP contribution in [0.25, 0.3) is 6.08 Å². The molecule has 0 bridgehead atoms. The van der Waals surface area contributed by atoms with Gasteiger partial charge in [0.1, 0.15) is 0 Å². The zero-order valence-electron chi connectivity index (χ0n) is 19.4. The highest BCUT2D eigenvalue weighted by atomic mass is 32.2. The Hall–Kier alpha value is -2.52. The molecule has 0 radical (unpaired) electrons. The molecule has 2 aromatic carbocycles. The van der Waals surface area contributed by atoms with Crippen LogP contribution in [-0.2, 0) is 32.6 Å². The van der Waals surface area contributed by atoms with Crippen LogP contribution in [0.2, 0.25) is 0 Å². The second-order valence-electron chi connectivity index (χ2n) is 8.81. The first-order chi connectivity index (χ1) is 16.5. The molecular weight excluding hydrogens is 450 g/mol. The van der Waals surface area contributed by atoms with Gasteiger partial charge < -0.3 is 10.1 Å². The Kier molecular flexibility index (Phi) is 8.50. The van der Waals surface area contributed by atoms with Crippen molar-refractivity contribution in [2.75, 3.05) is 39.4 Å². The van der Waals surface area contributed by atoms with Crippen LogP contribution in [0.3, 0.4) is 0 Å². The largest absolute Gasteiger partial charge is 0.379 e. The Morgan fingerprint density at radius 1 is 0.941 bits per heavy atom. The highest BCUT2D eigenvalue weighted by Crippen LogP contribution is 2.21. The van der Waals surface area contributed by atoms with E-state index in [4.69, 9.17) is 4.74 Å². The van der Waals surface area contributed by atoms with Crippen LogP contribution < -0.4 is 5.32 Å². The number of rotatable bonds is 8. The average molecular weight is 484 g/mol. The Morgan fingerprint density at radius 2 is 1.59 bits per heavy atom. The first kappa shape index (κ1) is 24.6. The molecule has 0 unspecified atom stereocenters. The van der Waals surface area contributed by atoms with E-state index in [1.54, 1.807) is 6.08 Å². The number of piperidine rings is 1. The van der Waals surface area contributed by atoms with Gasteiger partial charge in [-0.15, -0.1) is 0 Å². The Bertz CT molecular complexity index is 1070. The van der Waals surface area contributed by atoms with E-state index in [0.717, 1.165) is 44.0 Å². The van der Waals surface area contributed by atoms with E-state index in [-0.39, 0.29) is 11.8 Å². The molecule has 0 aliphatic carbocycles. The van der Waals surface area contributed by atoms with Crippen molar-refractivity contribution in [3.8, 4) is 0 Å². The number of benzene rings is 2. The number of hydrogen-bond acceptors (Lipinski definition) is 5. The van der Waals surface area contributed by atoms with Crippen molar-refractivity contribution in [1.82, 2.24) is 14.5 Å². The number of nitrogens with one attached hydrogen (secondary N) is 1. The number of sulfonamides is 1. The van der Waals surface area contributed by atoms with Gasteiger partial charge in [0.2, 0.25) is 15.9 Å². The standard InChI is InChI=1S/C26H33N3O4S/c30-26(27-20-24-8-4-5-9-25(24)21-28-15-17-33-18-16-28)23-10-13-29(14-11-23)34(31,32)19-12-22-6-2-1-3-7-22/h1-9,12,19,23H,10-11,13-18,20-21H2,(H,27,30). The van der Waals surface area contributed by atoms with Crippen LogP contribution in [0, 0.1) is 5.92 Å². The average Bonchev–Trinajstić information content (AvgIpc) is 2.88. The molecule has 2 saturated heterocycles. The molecule has 182 valence electrons. The predicted octanol–water partition coefficient (Wildman–Crippen LogP) is 2.85. The Balaban J connectivity index is 1.27. The number of carbonyl (C=O) groups excluding carboxylic acids is 1. The lowest BCUT2D eigenvalue weighted by molar-refractivity contribution is -0.126. The molecule has 1 N–H and O–H groups in total. The van der Waals surface area contributed by atoms with Gasteiger partial charge in [0.15, 0.2) is 0 Å². The van der Waals surface area contributed by atoms with E-state index >= 15 is 0 Å². The molecular formula is C26H33N3O4S.